The van der Waals surface area contributed by atoms with Gasteiger partial charge in [0.2, 0.25) is 0 Å². The van der Waals surface area contributed by atoms with Crippen LogP contribution in [-0.2, 0) is 19.4 Å². The van der Waals surface area contributed by atoms with Crippen LogP contribution < -0.4 is 0 Å². The van der Waals surface area contributed by atoms with Crippen molar-refractivity contribution in [2.24, 2.45) is 0 Å². The lowest BCUT2D eigenvalue weighted by atomic mass is 10.00. The molecule has 0 aliphatic rings. The highest BCUT2D eigenvalue weighted by Gasteiger charge is 2.15. The molecule has 0 aliphatic heterocycles. The molecule has 172 valence electrons. The number of aryl methyl sites for hydroxylation is 3. The average Bonchev–Trinajstić information content (AvgIpc) is 3.50. The third-order valence-corrected chi connectivity index (χ3v) is 7.09. The van der Waals surface area contributed by atoms with Gasteiger partial charge in [-0.05, 0) is 44.2 Å². The lowest BCUT2D eigenvalue weighted by Crippen LogP contribution is -1.98. The number of benzene rings is 2. The predicted octanol–water partition coefficient (Wildman–Crippen LogP) is 7.56. The van der Waals surface area contributed by atoms with Crippen LogP contribution in [0.25, 0.3) is 22.5 Å². The summed E-state index contributed by atoms with van der Waals surface area (Å²) in [7, 11) is 0. The molecule has 0 unspecified atom stereocenters. The fourth-order valence-electron chi connectivity index (χ4n) is 4.04. The van der Waals surface area contributed by atoms with Gasteiger partial charge in [-0.15, -0.1) is 11.3 Å². The van der Waals surface area contributed by atoms with Crippen LogP contribution in [0, 0.1) is 0 Å². The van der Waals surface area contributed by atoms with E-state index in [-0.39, 0.29) is 0 Å². The molecule has 2 aromatic heterocycles. The van der Waals surface area contributed by atoms with Crippen molar-refractivity contribution >= 4 is 11.3 Å². The SMILES string of the molecule is CCn1nc(-c2ccccc2)c(-c2cccc(CCCCCCc3csc(C(C)C)n3)c2)n1. The smallest absolute Gasteiger partial charge is 0.121 e. The number of rotatable bonds is 11. The Labute approximate surface area is 201 Å². The molecule has 0 bridgehead atoms. The maximum Gasteiger partial charge on any atom is 0.121 e. The maximum absolute atomic E-state index is 4.78. The van der Waals surface area contributed by atoms with E-state index in [1.807, 2.05) is 6.07 Å². The molecule has 4 nitrogen and oxygen atoms in total. The minimum Gasteiger partial charge on any atom is -0.246 e. The number of aromatic nitrogens is 4. The summed E-state index contributed by atoms with van der Waals surface area (Å²) in [4.78, 5) is 6.54. The van der Waals surface area contributed by atoms with Crippen molar-refractivity contribution in [3.63, 3.8) is 0 Å². The van der Waals surface area contributed by atoms with Crippen LogP contribution in [0.3, 0.4) is 0 Å². The number of unbranched alkanes of at least 4 members (excludes halogenated alkanes) is 3. The number of hydrogen-bond acceptors (Lipinski definition) is 4. The van der Waals surface area contributed by atoms with Crippen LogP contribution in [-0.4, -0.2) is 20.0 Å². The molecule has 0 amide bonds. The fourth-order valence-corrected chi connectivity index (χ4v) is 4.91. The molecule has 0 radical (unpaired) electrons. The summed E-state index contributed by atoms with van der Waals surface area (Å²) in [6.45, 7) is 7.27. The number of nitrogens with zero attached hydrogens (tertiary/aromatic N) is 4. The zero-order chi connectivity index (χ0) is 23.0. The first-order valence-corrected chi connectivity index (χ1v) is 13.1. The van der Waals surface area contributed by atoms with Gasteiger partial charge in [-0.3, -0.25) is 0 Å². The van der Waals surface area contributed by atoms with E-state index in [2.05, 4.69) is 74.7 Å². The van der Waals surface area contributed by atoms with Crippen molar-refractivity contribution in [3.8, 4) is 22.5 Å². The summed E-state index contributed by atoms with van der Waals surface area (Å²) in [5.74, 6) is 0.537. The van der Waals surface area contributed by atoms with Crippen LogP contribution >= 0.6 is 11.3 Å². The molecule has 0 atom stereocenters. The van der Waals surface area contributed by atoms with Gasteiger partial charge >= 0.3 is 0 Å². The molecule has 5 heteroatoms. The van der Waals surface area contributed by atoms with E-state index >= 15 is 0 Å². The molecule has 0 spiro atoms. The van der Waals surface area contributed by atoms with Gasteiger partial charge in [0, 0.05) is 22.4 Å². The summed E-state index contributed by atoms with van der Waals surface area (Å²) in [6.07, 6.45) is 7.16. The van der Waals surface area contributed by atoms with Gasteiger partial charge in [0.1, 0.15) is 11.4 Å². The van der Waals surface area contributed by atoms with Crippen molar-refractivity contribution in [2.75, 3.05) is 0 Å². The number of thiazole rings is 1. The zero-order valence-corrected chi connectivity index (χ0v) is 20.8. The first-order valence-electron chi connectivity index (χ1n) is 12.2. The molecular weight excluding hydrogens is 424 g/mol. The molecule has 0 fully saturated rings. The largest absolute Gasteiger partial charge is 0.246 e. The molecule has 0 N–H and O–H groups in total. The summed E-state index contributed by atoms with van der Waals surface area (Å²) < 4.78 is 0. The average molecular weight is 459 g/mol. The standard InChI is InChI=1S/C28H34N4S/c1-4-32-30-26(23-15-9-7-10-16-23)27(31-32)24-17-12-14-22(19-24)13-8-5-6-11-18-25-20-33-28(29-25)21(2)3/h7,9-10,12,14-17,19-21H,4-6,8,11,13,18H2,1-3H3. The van der Waals surface area contributed by atoms with Gasteiger partial charge in [0.05, 0.1) is 17.2 Å². The quantitative estimate of drug-likeness (QED) is 0.218. The first kappa shape index (κ1) is 23.4. The van der Waals surface area contributed by atoms with Crippen molar-refractivity contribution in [1.82, 2.24) is 20.0 Å². The highest BCUT2D eigenvalue weighted by Crippen LogP contribution is 2.29. The first-order chi connectivity index (χ1) is 16.1. The van der Waals surface area contributed by atoms with Crippen molar-refractivity contribution in [2.45, 2.75) is 71.8 Å². The Morgan fingerprint density at radius 1 is 0.818 bits per heavy atom. The molecule has 4 aromatic rings. The van der Waals surface area contributed by atoms with E-state index in [0.29, 0.717) is 5.92 Å². The Morgan fingerprint density at radius 2 is 1.52 bits per heavy atom. The lowest BCUT2D eigenvalue weighted by Gasteiger charge is -2.06. The second kappa shape index (κ2) is 11.4. The molecule has 33 heavy (non-hydrogen) atoms. The van der Waals surface area contributed by atoms with Gasteiger partial charge < -0.3 is 0 Å². The van der Waals surface area contributed by atoms with Gasteiger partial charge in [-0.2, -0.15) is 15.0 Å². The summed E-state index contributed by atoms with van der Waals surface area (Å²) in [5.41, 5.74) is 6.82. The van der Waals surface area contributed by atoms with Crippen molar-refractivity contribution in [3.05, 3.63) is 76.2 Å². The Hall–Kier alpha value is -2.79. The Bertz CT molecular complexity index is 1140. The Morgan fingerprint density at radius 3 is 2.21 bits per heavy atom. The van der Waals surface area contributed by atoms with Crippen LogP contribution in [0.4, 0.5) is 0 Å². The zero-order valence-electron chi connectivity index (χ0n) is 20.0. The molecule has 0 saturated heterocycles. The van der Waals surface area contributed by atoms with Gasteiger partial charge in [-0.1, -0.05) is 75.2 Å². The summed E-state index contributed by atoms with van der Waals surface area (Å²) in [6, 6.07) is 19.2. The van der Waals surface area contributed by atoms with Crippen LogP contribution in [0.1, 0.15) is 68.6 Å². The Balaban J connectivity index is 1.33. The van der Waals surface area contributed by atoms with E-state index in [0.717, 1.165) is 41.9 Å². The lowest BCUT2D eigenvalue weighted by molar-refractivity contribution is 0.572. The summed E-state index contributed by atoms with van der Waals surface area (Å²) in [5, 5.41) is 13.0. The van der Waals surface area contributed by atoms with E-state index in [9.17, 15) is 0 Å². The van der Waals surface area contributed by atoms with Gasteiger partial charge in [0.15, 0.2) is 0 Å². The Kier molecular flexibility index (Phi) is 8.05. The molecule has 4 rings (SSSR count). The molecule has 2 heterocycles. The maximum atomic E-state index is 4.78. The van der Waals surface area contributed by atoms with Gasteiger partial charge in [-0.25, -0.2) is 4.98 Å². The second-order valence-corrected chi connectivity index (χ2v) is 9.79. The number of hydrogen-bond donors (Lipinski definition) is 0. The minimum atomic E-state index is 0.537. The molecule has 0 aliphatic carbocycles. The third-order valence-electron chi connectivity index (χ3n) is 5.90. The monoisotopic (exact) mass is 458 g/mol. The molecular formula is C28H34N4S. The van der Waals surface area contributed by atoms with E-state index in [4.69, 9.17) is 15.2 Å². The minimum absolute atomic E-state index is 0.537. The summed E-state index contributed by atoms with van der Waals surface area (Å²) >= 11 is 1.80. The topological polar surface area (TPSA) is 43.6 Å². The van der Waals surface area contributed by atoms with E-state index in [1.165, 1.54) is 41.9 Å². The van der Waals surface area contributed by atoms with Crippen LogP contribution in [0.15, 0.2) is 60.0 Å². The van der Waals surface area contributed by atoms with E-state index in [1.54, 1.807) is 16.1 Å². The predicted molar refractivity (Wildman–Crippen MR) is 139 cm³/mol. The van der Waals surface area contributed by atoms with Crippen molar-refractivity contribution < 1.29 is 0 Å². The third kappa shape index (κ3) is 6.17. The van der Waals surface area contributed by atoms with Crippen LogP contribution in [0.5, 0.6) is 0 Å². The molecule has 2 aromatic carbocycles. The van der Waals surface area contributed by atoms with Crippen molar-refractivity contribution in [1.29, 1.82) is 0 Å². The van der Waals surface area contributed by atoms with Gasteiger partial charge in [0.25, 0.3) is 0 Å². The molecule has 0 saturated carbocycles. The second-order valence-electron chi connectivity index (χ2n) is 8.90. The highest BCUT2D eigenvalue weighted by atomic mass is 32.1. The van der Waals surface area contributed by atoms with Crippen LogP contribution in [0.2, 0.25) is 0 Å². The van der Waals surface area contributed by atoms with E-state index < -0.39 is 0 Å². The highest BCUT2D eigenvalue weighted by molar-refractivity contribution is 7.09. The normalized spacial score (nSPS) is 11.4. The fraction of sp³-hybridized carbons (Fsp3) is 0.393.